The van der Waals surface area contributed by atoms with Gasteiger partial charge >= 0.3 is 15.4 Å². The van der Waals surface area contributed by atoms with E-state index < -0.39 is 15.4 Å². The van der Waals surface area contributed by atoms with E-state index in [-0.39, 0.29) is 57.3 Å². The van der Waals surface area contributed by atoms with Crippen LogP contribution in [0.25, 0.3) is 22.1 Å². The lowest BCUT2D eigenvalue weighted by molar-refractivity contribution is 0.0764. The average Bonchev–Trinajstić information content (AvgIpc) is 3.86. The summed E-state index contributed by atoms with van der Waals surface area (Å²) in [5.74, 6) is 0.613. The number of anilines is 2. The highest BCUT2D eigenvalue weighted by molar-refractivity contribution is 7.52. The number of nitrogens with one attached hydrogen (secondary N) is 4. The van der Waals surface area contributed by atoms with Crippen molar-refractivity contribution >= 4 is 95.8 Å². The molecule has 0 aliphatic heterocycles. The molecule has 0 saturated heterocycles. The van der Waals surface area contributed by atoms with E-state index in [4.69, 9.17) is 69.8 Å². The van der Waals surface area contributed by atoms with Crippen LogP contribution in [0.5, 0.6) is 0 Å². The van der Waals surface area contributed by atoms with Crippen LogP contribution in [-0.4, -0.2) is 105 Å². The molecule has 2 atom stereocenters. The van der Waals surface area contributed by atoms with E-state index in [1.54, 1.807) is 24.3 Å². The van der Waals surface area contributed by atoms with Gasteiger partial charge in [0.25, 0.3) is 11.1 Å². The van der Waals surface area contributed by atoms with Crippen LogP contribution in [0.4, 0.5) is 11.9 Å². The number of benzene rings is 2. The summed E-state index contributed by atoms with van der Waals surface area (Å²) >= 11 is 23.9. The minimum Gasteiger partial charge on any atom is -0.377 e. The zero-order chi connectivity index (χ0) is 44.9. The molecule has 0 aliphatic rings. The molecule has 2 aromatic carbocycles. The van der Waals surface area contributed by atoms with Crippen LogP contribution in [0.2, 0.25) is 20.1 Å². The van der Waals surface area contributed by atoms with Crippen molar-refractivity contribution in [3.63, 3.8) is 0 Å². The molecule has 6 rings (SSSR count). The lowest BCUT2D eigenvalue weighted by Crippen LogP contribution is -2.18. The third-order valence-corrected chi connectivity index (χ3v) is 12.1. The van der Waals surface area contributed by atoms with E-state index in [0.29, 0.717) is 73.7 Å². The number of aromatic amines is 2. The molecule has 0 aliphatic carbocycles. The van der Waals surface area contributed by atoms with Crippen LogP contribution in [0.15, 0.2) is 58.4 Å². The number of H-pyrrole nitrogens is 2. The summed E-state index contributed by atoms with van der Waals surface area (Å²) < 4.78 is 55.2. The Hall–Kier alpha value is -3.92. The predicted molar refractivity (Wildman–Crippen MR) is 235 cm³/mol. The Morgan fingerprint density at radius 2 is 1.11 bits per heavy atom. The van der Waals surface area contributed by atoms with Crippen molar-refractivity contribution in [2.75, 3.05) is 71.2 Å². The first-order chi connectivity index (χ1) is 29.6. The summed E-state index contributed by atoms with van der Waals surface area (Å²) in [5, 5.41) is 16.3. The largest absolute Gasteiger partial charge is 0.471 e. The SMILES string of the molecule is COP(=O)(O)OCCOCCn1ncc2nc(NCc3ccc(Cl)c(Cl)c3)[nH]c(=O)c21.COP(C)(=O)OCCOCCn1ncc2nc(NCc3ccc(Cl)c(Cl)c3)[nH]c(=O)c21. The summed E-state index contributed by atoms with van der Waals surface area (Å²) in [6.07, 6.45) is 3.00. The van der Waals surface area contributed by atoms with Crippen molar-refractivity contribution in [1.29, 1.82) is 0 Å². The van der Waals surface area contributed by atoms with E-state index in [9.17, 15) is 18.7 Å². The van der Waals surface area contributed by atoms with Crippen LogP contribution < -0.4 is 21.8 Å². The lowest BCUT2D eigenvalue weighted by atomic mass is 10.2. The first kappa shape index (κ1) is 49.1. The molecule has 0 spiro atoms. The van der Waals surface area contributed by atoms with E-state index in [1.807, 2.05) is 12.1 Å². The minimum absolute atomic E-state index is 0.0739. The van der Waals surface area contributed by atoms with Crippen molar-refractivity contribution in [1.82, 2.24) is 39.5 Å². The average molecular weight is 983 g/mol. The second kappa shape index (κ2) is 23.1. The fraction of sp³-hybridized carbons (Fsp3) is 0.371. The van der Waals surface area contributed by atoms with Crippen LogP contribution in [0, 0.1) is 0 Å². The molecule has 0 bridgehead atoms. The van der Waals surface area contributed by atoms with Crippen LogP contribution in [0.1, 0.15) is 11.1 Å². The third-order valence-electron chi connectivity index (χ3n) is 8.38. The maximum Gasteiger partial charge on any atom is 0.471 e. The highest BCUT2D eigenvalue weighted by Gasteiger charge is 2.18. The van der Waals surface area contributed by atoms with Gasteiger partial charge < -0.3 is 34.0 Å². The number of aromatic nitrogens is 8. The van der Waals surface area contributed by atoms with E-state index in [1.165, 1.54) is 35.5 Å². The number of phosphoric ester groups is 1. The fourth-order valence-electron chi connectivity index (χ4n) is 5.27. The predicted octanol–water partition coefficient (Wildman–Crippen LogP) is 6.36. The molecule has 0 saturated carbocycles. The van der Waals surface area contributed by atoms with Crippen LogP contribution in [-0.2, 0) is 62.9 Å². The Labute approximate surface area is 373 Å². The Kier molecular flexibility index (Phi) is 18.3. The van der Waals surface area contributed by atoms with Crippen molar-refractivity contribution in [2.45, 2.75) is 26.2 Å². The summed E-state index contributed by atoms with van der Waals surface area (Å²) in [5.41, 5.74) is 2.60. The van der Waals surface area contributed by atoms with Gasteiger partial charge in [-0.2, -0.15) is 10.2 Å². The van der Waals surface area contributed by atoms with Gasteiger partial charge in [0.1, 0.15) is 11.0 Å². The molecule has 2 unspecified atom stereocenters. The number of fused-ring (bicyclic) bond motifs is 2. The molecule has 62 heavy (non-hydrogen) atoms. The minimum atomic E-state index is -4.01. The van der Waals surface area contributed by atoms with Gasteiger partial charge in [-0.05, 0) is 35.4 Å². The van der Waals surface area contributed by atoms with Gasteiger partial charge in [0.05, 0.1) is 85.2 Å². The number of hydrogen-bond donors (Lipinski definition) is 5. The van der Waals surface area contributed by atoms with Crippen molar-refractivity contribution < 1.29 is 41.6 Å². The lowest BCUT2D eigenvalue weighted by Gasteiger charge is -2.11. The third kappa shape index (κ3) is 14.6. The first-order valence-corrected chi connectivity index (χ1v) is 23.3. The zero-order valence-electron chi connectivity index (χ0n) is 33.3. The Morgan fingerprint density at radius 3 is 1.53 bits per heavy atom. The molecular formula is C35H42Cl4N10O11P2. The number of halogens is 4. The normalized spacial score (nSPS) is 13.4. The maximum absolute atomic E-state index is 12.5. The number of nitrogens with zero attached hydrogens (tertiary/aromatic N) is 6. The number of ether oxygens (including phenoxy) is 2. The number of phosphoric acid groups is 1. The molecule has 27 heteroatoms. The molecule has 6 aromatic rings. The Bertz CT molecular complexity index is 2490. The van der Waals surface area contributed by atoms with Gasteiger partial charge in [-0.1, -0.05) is 58.5 Å². The summed E-state index contributed by atoms with van der Waals surface area (Å²) in [6.45, 7) is 3.64. The summed E-state index contributed by atoms with van der Waals surface area (Å²) in [6, 6.07) is 10.5. The molecule has 4 aromatic heterocycles. The molecule has 21 nitrogen and oxygen atoms in total. The Balaban J connectivity index is 0.000000234. The van der Waals surface area contributed by atoms with Gasteiger partial charge in [-0.25, -0.2) is 14.5 Å². The van der Waals surface area contributed by atoms with Crippen molar-refractivity contribution in [3.8, 4) is 0 Å². The van der Waals surface area contributed by atoms with E-state index in [2.05, 4.69) is 49.8 Å². The van der Waals surface area contributed by atoms with Crippen LogP contribution >= 0.6 is 61.8 Å². The monoisotopic (exact) mass is 980 g/mol. The van der Waals surface area contributed by atoms with Gasteiger partial charge in [0, 0.05) is 34.0 Å². The van der Waals surface area contributed by atoms with E-state index >= 15 is 0 Å². The van der Waals surface area contributed by atoms with Gasteiger partial charge in [-0.3, -0.25) is 42.5 Å². The topological polar surface area (TPSA) is 261 Å². The Morgan fingerprint density at radius 1 is 0.661 bits per heavy atom. The molecule has 336 valence electrons. The van der Waals surface area contributed by atoms with Crippen LogP contribution in [0.3, 0.4) is 0 Å². The van der Waals surface area contributed by atoms with Crippen molar-refractivity contribution in [2.24, 2.45) is 0 Å². The molecule has 0 amide bonds. The summed E-state index contributed by atoms with van der Waals surface area (Å²) in [4.78, 5) is 48.3. The molecule has 5 N–H and O–H groups in total. The van der Waals surface area contributed by atoms with Gasteiger partial charge in [0.15, 0.2) is 11.0 Å². The van der Waals surface area contributed by atoms with E-state index in [0.717, 1.165) is 18.2 Å². The smallest absolute Gasteiger partial charge is 0.377 e. The number of rotatable bonds is 22. The standard InChI is InChI=1S/C18H22Cl2N5O5P.C17H20Cl2N5O6P/c1-28-31(2,27)30-8-7-29-6-5-25-16-15(11-22-25)23-18(24-17(16)26)21-10-12-3-4-13(19)14(20)9-12;1-28-31(26,27)30-7-6-29-5-4-24-15-14(10-21-24)22-17(23-16(15)25)20-9-11-2-3-12(18)13(19)8-11/h3-4,9,11H,5-8,10H2,1-2H3,(H2,21,23,24,26);2-3,8,10H,4-7,9H2,1H3,(H,26,27)(H2,20,22,23,25). The summed E-state index contributed by atoms with van der Waals surface area (Å²) in [7, 11) is -4.63. The van der Waals surface area contributed by atoms with Gasteiger partial charge in [0.2, 0.25) is 11.9 Å². The molecular weight excluding hydrogens is 940 g/mol. The maximum atomic E-state index is 12.5. The second-order valence-corrected chi connectivity index (χ2v) is 18.1. The fourth-order valence-corrected chi connectivity index (χ4v) is 6.84. The van der Waals surface area contributed by atoms with Gasteiger partial charge in [-0.15, -0.1) is 0 Å². The molecule has 0 fully saturated rings. The highest BCUT2D eigenvalue weighted by atomic mass is 35.5. The first-order valence-electron chi connectivity index (χ1n) is 18.3. The van der Waals surface area contributed by atoms with Crippen molar-refractivity contribution in [3.05, 3.63) is 101 Å². The highest BCUT2D eigenvalue weighted by Crippen LogP contribution is 2.42. The number of hydrogen-bond acceptors (Lipinski definition) is 16. The molecule has 4 heterocycles. The molecule has 0 radical (unpaired) electrons. The quantitative estimate of drug-likeness (QED) is 0.0366. The zero-order valence-corrected chi connectivity index (χ0v) is 38.1. The second-order valence-electron chi connectivity index (χ2n) is 12.7.